The van der Waals surface area contributed by atoms with Crippen molar-refractivity contribution in [1.82, 2.24) is 0 Å². The maximum Gasteiger partial charge on any atom is 0.320 e. The Morgan fingerprint density at radius 1 is 1.61 bits per heavy atom. The molecule has 100 valence electrons. The number of carbonyl (C=O) groups is 1. The molecular formula is C12H19N3O3. The lowest BCUT2D eigenvalue weighted by Crippen LogP contribution is -2.35. The fraction of sp³-hybridized carbons (Fsp3) is 0.500. The second-order valence-corrected chi connectivity index (χ2v) is 4.14. The van der Waals surface area contributed by atoms with Crippen molar-refractivity contribution in [3.63, 3.8) is 0 Å². The molecule has 0 radical (unpaired) electrons. The number of amidine groups is 1. The number of hydrogen-bond donors (Lipinski definition) is 3. The summed E-state index contributed by atoms with van der Waals surface area (Å²) in [6, 6.07) is -1.05. The number of allylic oxidation sites excluding steroid dienone is 2. The zero-order valence-corrected chi connectivity index (χ0v) is 10.3. The predicted octanol–water partition coefficient (Wildman–Crippen LogP) is 0.0453. The van der Waals surface area contributed by atoms with Crippen molar-refractivity contribution in [3.05, 3.63) is 24.3 Å². The maximum atomic E-state index is 10.7. The Labute approximate surface area is 106 Å². The van der Waals surface area contributed by atoms with Crippen molar-refractivity contribution >= 4 is 11.8 Å². The molecule has 1 aliphatic rings. The maximum absolute atomic E-state index is 10.7. The fourth-order valence-electron chi connectivity index (χ4n) is 1.70. The van der Waals surface area contributed by atoms with E-state index in [1.165, 1.54) is 7.11 Å². The van der Waals surface area contributed by atoms with E-state index in [0.717, 1.165) is 0 Å². The molecule has 0 saturated carbocycles. The molecule has 0 amide bonds. The van der Waals surface area contributed by atoms with Gasteiger partial charge in [-0.15, -0.1) is 0 Å². The molecule has 0 aromatic heterocycles. The quantitative estimate of drug-likeness (QED) is 0.619. The monoisotopic (exact) mass is 253 g/mol. The van der Waals surface area contributed by atoms with Gasteiger partial charge in [-0.2, -0.15) is 0 Å². The summed E-state index contributed by atoms with van der Waals surface area (Å²) in [6.07, 6.45) is 7.81. The topological polar surface area (TPSA) is 111 Å². The number of rotatable bonds is 6. The summed E-state index contributed by atoms with van der Waals surface area (Å²) in [5.41, 5.74) is 11.1. The van der Waals surface area contributed by atoms with Gasteiger partial charge in [-0.3, -0.25) is 9.79 Å². The first kappa shape index (κ1) is 14.4. The molecule has 18 heavy (non-hydrogen) atoms. The van der Waals surface area contributed by atoms with Crippen molar-refractivity contribution < 1.29 is 14.6 Å². The third kappa shape index (κ3) is 4.68. The number of nitrogens with two attached hydrogens (primary N) is 2. The molecule has 0 aliphatic carbocycles. The highest BCUT2D eigenvalue weighted by Gasteiger charge is 2.21. The predicted molar refractivity (Wildman–Crippen MR) is 69.3 cm³/mol. The number of ether oxygens (including phenoxy) is 1. The molecule has 6 nitrogen and oxygen atoms in total. The number of methoxy groups -OCH3 is 1. The van der Waals surface area contributed by atoms with E-state index in [1.807, 2.05) is 18.2 Å². The minimum atomic E-state index is -1.03. The van der Waals surface area contributed by atoms with E-state index in [-0.39, 0.29) is 18.6 Å². The Bertz CT molecular complexity index is 377. The van der Waals surface area contributed by atoms with Gasteiger partial charge in [0.1, 0.15) is 11.9 Å². The summed E-state index contributed by atoms with van der Waals surface area (Å²) in [7, 11) is 1.53. The van der Waals surface area contributed by atoms with Crippen LogP contribution in [-0.4, -0.2) is 42.2 Å². The highest BCUT2D eigenvalue weighted by molar-refractivity contribution is 5.92. The third-order valence-electron chi connectivity index (χ3n) is 2.70. The molecule has 3 unspecified atom stereocenters. The zero-order chi connectivity index (χ0) is 13.5. The van der Waals surface area contributed by atoms with Crippen molar-refractivity contribution in [2.24, 2.45) is 16.5 Å². The second-order valence-electron chi connectivity index (χ2n) is 4.14. The number of aliphatic imine (C=N–C) groups is 1. The Morgan fingerprint density at radius 2 is 2.33 bits per heavy atom. The van der Waals surface area contributed by atoms with Crippen LogP contribution >= 0.6 is 0 Å². The Hall–Kier alpha value is -1.66. The van der Waals surface area contributed by atoms with Gasteiger partial charge in [0.05, 0.1) is 12.1 Å². The van der Waals surface area contributed by atoms with Gasteiger partial charge in [-0.1, -0.05) is 18.2 Å². The largest absolute Gasteiger partial charge is 0.480 e. The van der Waals surface area contributed by atoms with Crippen LogP contribution in [0.4, 0.5) is 0 Å². The average molecular weight is 253 g/mol. The van der Waals surface area contributed by atoms with Gasteiger partial charge in [0.15, 0.2) is 0 Å². The van der Waals surface area contributed by atoms with Crippen LogP contribution in [0.15, 0.2) is 29.3 Å². The van der Waals surface area contributed by atoms with Crippen LogP contribution in [0.3, 0.4) is 0 Å². The smallest absolute Gasteiger partial charge is 0.320 e. The molecule has 0 aromatic rings. The molecule has 6 heteroatoms. The molecule has 0 bridgehead atoms. The van der Waals surface area contributed by atoms with Gasteiger partial charge >= 0.3 is 5.97 Å². The summed E-state index contributed by atoms with van der Waals surface area (Å²) in [4.78, 5) is 15.0. The summed E-state index contributed by atoms with van der Waals surface area (Å²) in [5, 5.41) is 8.77. The highest BCUT2D eigenvalue weighted by atomic mass is 16.5. The van der Waals surface area contributed by atoms with Crippen LogP contribution in [0.5, 0.6) is 0 Å². The van der Waals surface area contributed by atoms with Gasteiger partial charge in [0, 0.05) is 7.11 Å². The van der Waals surface area contributed by atoms with Gasteiger partial charge < -0.3 is 21.3 Å². The molecule has 0 aromatic carbocycles. The molecular weight excluding hydrogens is 234 g/mol. The number of aliphatic carboxylic acids is 1. The summed E-state index contributed by atoms with van der Waals surface area (Å²) in [5.74, 6) is -0.583. The van der Waals surface area contributed by atoms with E-state index in [0.29, 0.717) is 12.3 Å². The number of carboxylic acid groups (broad SMARTS) is 1. The lowest BCUT2D eigenvalue weighted by Gasteiger charge is -2.19. The van der Waals surface area contributed by atoms with E-state index in [2.05, 4.69) is 4.99 Å². The Balaban J connectivity index is 2.58. The number of carboxylic acids is 1. The van der Waals surface area contributed by atoms with Gasteiger partial charge in [0.2, 0.25) is 0 Å². The van der Waals surface area contributed by atoms with E-state index >= 15 is 0 Å². The SMILES string of the molecule is COC(CC1C=CC=CC(N)=N1)CC(N)C(=O)O. The third-order valence-corrected chi connectivity index (χ3v) is 2.70. The van der Waals surface area contributed by atoms with E-state index in [1.54, 1.807) is 6.08 Å². The number of hydrogen-bond acceptors (Lipinski definition) is 5. The van der Waals surface area contributed by atoms with Crippen molar-refractivity contribution in [3.8, 4) is 0 Å². The Morgan fingerprint density at radius 3 is 2.94 bits per heavy atom. The Kier molecular flexibility index (Phi) is 5.54. The molecule has 0 spiro atoms. The first-order valence-corrected chi connectivity index (χ1v) is 5.72. The van der Waals surface area contributed by atoms with Crippen molar-refractivity contribution in [1.29, 1.82) is 0 Å². The highest BCUT2D eigenvalue weighted by Crippen LogP contribution is 2.13. The molecule has 3 atom stereocenters. The van der Waals surface area contributed by atoms with Crippen molar-refractivity contribution in [2.75, 3.05) is 7.11 Å². The molecule has 1 rings (SSSR count). The summed E-state index contributed by atoms with van der Waals surface area (Å²) < 4.78 is 5.24. The van der Waals surface area contributed by atoms with Crippen LogP contribution in [0.2, 0.25) is 0 Å². The van der Waals surface area contributed by atoms with Crippen LogP contribution in [0, 0.1) is 0 Å². The second kappa shape index (κ2) is 6.93. The lowest BCUT2D eigenvalue weighted by atomic mass is 10.0. The van der Waals surface area contributed by atoms with Crippen LogP contribution < -0.4 is 11.5 Å². The lowest BCUT2D eigenvalue weighted by molar-refractivity contribution is -0.139. The number of nitrogens with zero attached hydrogens (tertiary/aromatic N) is 1. The van der Waals surface area contributed by atoms with Crippen LogP contribution in [0.1, 0.15) is 12.8 Å². The van der Waals surface area contributed by atoms with E-state index < -0.39 is 12.0 Å². The first-order valence-electron chi connectivity index (χ1n) is 5.72. The van der Waals surface area contributed by atoms with Gasteiger partial charge in [0.25, 0.3) is 0 Å². The molecule has 1 aliphatic heterocycles. The minimum Gasteiger partial charge on any atom is -0.480 e. The molecule has 0 fully saturated rings. The van der Waals surface area contributed by atoms with Gasteiger partial charge in [-0.05, 0) is 18.9 Å². The fourth-order valence-corrected chi connectivity index (χ4v) is 1.70. The standard InChI is InChI=1S/C12H19N3O3/c1-18-9(7-10(13)12(16)17)6-8-4-2-3-5-11(14)15-8/h2-5,8-10H,6-7,13H2,1H3,(H2,14,15)(H,16,17). The molecule has 0 saturated heterocycles. The minimum absolute atomic E-state index is 0.119. The zero-order valence-electron chi connectivity index (χ0n) is 10.3. The van der Waals surface area contributed by atoms with E-state index in [4.69, 9.17) is 21.3 Å². The molecule has 5 N–H and O–H groups in total. The normalized spacial score (nSPS) is 22.1. The van der Waals surface area contributed by atoms with Crippen molar-refractivity contribution in [2.45, 2.75) is 31.0 Å². The van der Waals surface area contributed by atoms with Gasteiger partial charge in [-0.25, -0.2) is 0 Å². The summed E-state index contributed by atoms with van der Waals surface area (Å²) in [6.45, 7) is 0. The van der Waals surface area contributed by atoms with Crippen LogP contribution in [0.25, 0.3) is 0 Å². The van der Waals surface area contributed by atoms with E-state index in [9.17, 15) is 4.79 Å². The first-order chi connectivity index (χ1) is 8.52. The average Bonchev–Trinajstić information content (AvgIpc) is 2.52. The van der Waals surface area contributed by atoms with Crippen LogP contribution in [-0.2, 0) is 9.53 Å². The summed E-state index contributed by atoms with van der Waals surface area (Å²) >= 11 is 0. The molecule has 1 heterocycles.